The summed E-state index contributed by atoms with van der Waals surface area (Å²) in [5, 5.41) is 31.3. The molecule has 0 heterocycles. The second-order valence-electron chi connectivity index (χ2n) is 7.88. The van der Waals surface area contributed by atoms with Crippen LogP contribution in [-0.2, 0) is 9.53 Å². The summed E-state index contributed by atoms with van der Waals surface area (Å²) >= 11 is 5.90. The summed E-state index contributed by atoms with van der Waals surface area (Å²) in [6, 6.07) is 6.57. The van der Waals surface area contributed by atoms with Gasteiger partial charge in [0.05, 0.1) is 25.4 Å². The zero-order valence-electron chi connectivity index (χ0n) is 17.7. The van der Waals surface area contributed by atoms with Gasteiger partial charge in [0.25, 0.3) is 0 Å². The molecule has 31 heavy (non-hydrogen) atoms. The highest BCUT2D eigenvalue weighted by Crippen LogP contribution is 2.36. The Morgan fingerprint density at radius 2 is 2.03 bits per heavy atom. The van der Waals surface area contributed by atoms with E-state index in [-0.39, 0.29) is 36.4 Å². The third-order valence-electron chi connectivity index (χ3n) is 5.57. The number of aliphatic hydroxyl groups excluding tert-OH is 3. The van der Waals surface area contributed by atoms with Gasteiger partial charge >= 0.3 is 5.97 Å². The van der Waals surface area contributed by atoms with Crippen LogP contribution in [0.4, 0.5) is 0 Å². The predicted octanol–water partition coefficient (Wildman–Crippen LogP) is 3.48. The van der Waals surface area contributed by atoms with Crippen LogP contribution >= 0.6 is 11.6 Å². The van der Waals surface area contributed by atoms with Crippen molar-refractivity contribution in [3.05, 3.63) is 59.2 Å². The number of ether oxygens (including phenoxy) is 1. The summed E-state index contributed by atoms with van der Waals surface area (Å²) in [4.78, 5) is 23.4. The zero-order chi connectivity index (χ0) is 22.8. The monoisotopic (exact) mass is 450 g/mol. The van der Waals surface area contributed by atoms with Gasteiger partial charge in [0.1, 0.15) is 0 Å². The molecule has 1 aliphatic rings. The Kier molecular flexibility index (Phi) is 10.4. The summed E-state index contributed by atoms with van der Waals surface area (Å²) in [5.41, 5.74) is 0.437. The van der Waals surface area contributed by atoms with Crippen LogP contribution in [0.25, 0.3) is 0 Å². The number of carbonyl (C=O) groups is 2. The summed E-state index contributed by atoms with van der Waals surface area (Å²) < 4.78 is 4.60. The average molecular weight is 451 g/mol. The number of halogens is 1. The van der Waals surface area contributed by atoms with E-state index in [1.165, 1.54) is 13.2 Å². The molecule has 1 aliphatic carbocycles. The molecule has 0 amide bonds. The maximum Gasteiger partial charge on any atom is 0.305 e. The Hall–Kier alpha value is -1.99. The third kappa shape index (κ3) is 8.22. The summed E-state index contributed by atoms with van der Waals surface area (Å²) in [6.45, 7) is 0. The van der Waals surface area contributed by atoms with E-state index in [1.807, 2.05) is 12.2 Å². The van der Waals surface area contributed by atoms with Crippen LogP contribution in [0.1, 0.15) is 48.9 Å². The quantitative estimate of drug-likeness (QED) is 0.206. The van der Waals surface area contributed by atoms with Crippen molar-refractivity contribution in [2.45, 2.75) is 56.8 Å². The molecule has 1 aromatic carbocycles. The maximum absolute atomic E-state index is 12.3. The predicted molar refractivity (Wildman–Crippen MR) is 119 cm³/mol. The van der Waals surface area contributed by atoms with Crippen molar-refractivity contribution in [2.75, 3.05) is 7.11 Å². The van der Waals surface area contributed by atoms with E-state index in [9.17, 15) is 24.9 Å². The van der Waals surface area contributed by atoms with Crippen LogP contribution < -0.4 is 0 Å². The van der Waals surface area contributed by atoms with E-state index >= 15 is 0 Å². The molecule has 5 atom stereocenters. The number of ketones is 1. The molecule has 0 aromatic heterocycles. The van der Waals surface area contributed by atoms with Gasteiger partial charge in [0, 0.05) is 35.8 Å². The molecule has 0 bridgehead atoms. The zero-order valence-corrected chi connectivity index (χ0v) is 18.4. The molecule has 1 fully saturated rings. The van der Waals surface area contributed by atoms with Gasteiger partial charge in [-0.2, -0.15) is 0 Å². The van der Waals surface area contributed by atoms with E-state index in [4.69, 9.17) is 11.6 Å². The number of benzene rings is 1. The lowest BCUT2D eigenvalue weighted by Crippen LogP contribution is -2.20. The molecule has 0 radical (unpaired) electrons. The van der Waals surface area contributed by atoms with E-state index in [2.05, 4.69) is 4.74 Å². The summed E-state index contributed by atoms with van der Waals surface area (Å²) in [5.74, 6) is -0.956. The van der Waals surface area contributed by atoms with Crippen LogP contribution in [-0.4, -0.2) is 52.5 Å². The Bertz CT molecular complexity index is 790. The van der Waals surface area contributed by atoms with Crippen molar-refractivity contribution in [2.24, 2.45) is 11.8 Å². The van der Waals surface area contributed by atoms with Crippen molar-refractivity contribution in [1.82, 2.24) is 0 Å². The largest absolute Gasteiger partial charge is 0.469 e. The van der Waals surface area contributed by atoms with Crippen molar-refractivity contribution < 1.29 is 29.6 Å². The van der Waals surface area contributed by atoms with Crippen LogP contribution in [0.15, 0.2) is 48.6 Å². The summed E-state index contributed by atoms with van der Waals surface area (Å²) in [7, 11) is 1.36. The van der Waals surface area contributed by atoms with Gasteiger partial charge in [-0.05, 0) is 37.3 Å². The minimum absolute atomic E-state index is 0.0903. The summed E-state index contributed by atoms with van der Waals surface area (Å²) in [6.07, 6.45) is 7.31. The number of unbranched alkanes of at least 4 members (excludes halogenated alkanes) is 1. The molecular formula is C24H31ClO6. The van der Waals surface area contributed by atoms with E-state index in [0.717, 1.165) is 6.42 Å². The van der Waals surface area contributed by atoms with Gasteiger partial charge in [-0.3, -0.25) is 9.59 Å². The number of methoxy groups -OCH3 is 1. The van der Waals surface area contributed by atoms with Crippen molar-refractivity contribution in [3.8, 4) is 0 Å². The molecule has 2 rings (SSSR count). The smallest absolute Gasteiger partial charge is 0.305 e. The molecular weight excluding hydrogens is 420 g/mol. The highest BCUT2D eigenvalue weighted by atomic mass is 35.5. The SMILES string of the molecule is COC(=O)CCC/C=C\CC1C(O)CC(O)[C@@H]1/C=C/[C@@H](O)CC(=O)c1cccc(Cl)c1. The van der Waals surface area contributed by atoms with Crippen molar-refractivity contribution >= 4 is 23.4 Å². The van der Waals surface area contributed by atoms with Crippen LogP contribution in [0.3, 0.4) is 0 Å². The minimum atomic E-state index is -0.995. The van der Waals surface area contributed by atoms with Crippen LogP contribution in [0, 0.1) is 11.8 Å². The second kappa shape index (κ2) is 12.8. The third-order valence-corrected chi connectivity index (χ3v) is 5.80. The Morgan fingerprint density at radius 1 is 1.26 bits per heavy atom. The Balaban J connectivity index is 1.87. The van der Waals surface area contributed by atoms with Gasteiger partial charge in [-0.1, -0.05) is 48.0 Å². The number of Topliss-reactive ketones (excluding diaryl/α,β-unsaturated/α-hetero) is 1. The maximum atomic E-state index is 12.3. The first-order chi connectivity index (χ1) is 14.8. The lowest BCUT2D eigenvalue weighted by molar-refractivity contribution is -0.140. The fourth-order valence-electron chi connectivity index (χ4n) is 3.84. The number of carbonyl (C=O) groups excluding carboxylic acids is 2. The average Bonchev–Trinajstić information content (AvgIpc) is 3.00. The number of aliphatic hydroxyl groups is 3. The van der Waals surface area contributed by atoms with E-state index in [1.54, 1.807) is 30.3 Å². The molecule has 6 nitrogen and oxygen atoms in total. The second-order valence-corrected chi connectivity index (χ2v) is 8.31. The normalized spacial score (nSPS) is 24.7. The first-order valence-corrected chi connectivity index (χ1v) is 10.9. The van der Waals surface area contributed by atoms with Crippen molar-refractivity contribution in [1.29, 1.82) is 0 Å². The lowest BCUT2D eigenvalue weighted by Gasteiger charge is -2.19. The Morgan fingerprint density at radius 3 is 2.74 bits per heavy atom. The molecule has 170 valence electrons. The topological polar surface area (TPSA) is 104 Å². The van der Waals surface area contributed by atoms with Crippen LogP contribution in [0.2, 0.25) is 5.02 Å². The van der Waals surface area contributed by atoms with Gasteiger partial charge in [-0.25, -0.2) is 0 Å². The van der Waals surface area contributed by atoms with Gasteiger partial charge < -0.3 is 20.1 Å². The minimum Gasteiger partial charge on any atom is -0.469 e. The number of allylic oxidation sites excluding steroid dienone is 2. The molecule has 0 aliphatic heterocycles. The lowest BCUT2D eigenvalue weighted by atomic mass is 9.89. The van der Waals surface area contributed by atoms with E-state index in [0.29, 0.717) is 29.8 Å². The number of hydrogen-bond acceptors (Lipinski definition) is 6. The number of rotatable bonds is 11. The molecule has 3 N–H and O–H groups in total. The Labute approximate surface area is 188 Å². The standard InChI is InChI=1S/C24H31ClO6/c1-31-24(30)10-5-3-2-4-9-19-20(23(29)15-22(19)28)12-11-18(26)14-21(27)16-7-6-8-17(25)13-16/h2,4,6-8,11-13,18-20,22-23,26,28-29H,3,5,9-10,14-15H2,1H3/b4-2-,12-11+/t18-,19?,20-,22?,23?/m1/s1. The van der Waals surface area contributed by atoms with Gasteiger partial charge in [-0.15, -0.1) is 0 Å². The molecule has 1 saturated carbocycles. The fraction of sp³-hybridized carbons (Fsp3) is 0.500. The number of esters is 1. The fourth-order valence-corrected chi connectivity index (χ4v) is 4.03. The first-order valence-electron chi connectivity index (χ1n) is 10.5. The van der Waals surface area contributed by atoms with Crippen molar-refractivity contribution in [3.63, 3.8) is 0 Å². The first kappa shape index (κ1) is 25.3. The molecule has 0 spiro atoms. The molecule has 7 heteroatoms. The highest BCUT2D eigenvalue weighted by Gasteiger charge is 2.39. The molecule has 1 aromatic rings. The molecule has 3 unspecified atom stereocenters. The highest BCUT2D eigenvalue weighted by molar-refractivity contribution is 6.31. The van der Waals surface area contributed by atoms with Gasteiger partial charge in [0.15, 0.2) is 5.78 Å². The van der Waals surface area contributed by atoms with E-state index < -0.39 is 18.3 Å². The molecule has 0 saturated heterocycles. The van der Waals surface area contributed by atoms with Crippen LogP contribution in [0.5, 0.6) is 0 Å². The van der Waals surface area contributed by atoms with Gasteiger partial charge in [0.2, 0.25) is 0 Å². The number of hydrogen-bond donors (Lipinski definition) is 3.